The number of nitro groups is 1. The molecule has 1 heterocycles. The normalized spacial score (nSPS) is 12.3. The Bertz CT molecular complexity index is 632. The molecule has 20 heavy (non-hydrogen) atoms. The predicted octanol–water partition coefficient (Wildman–Crippen LogP) is 3.73. The van der Waals surface area contributed by atoms with Gasteiger partial charge in [0.1, 0.15) is 0 Å². The molecule has 106 valence electrons. The Balaban J connectivity index is 2.27. The van der Waals surface area contributed by atoms with Gasteiger partial charge in [-0.2, -0.15) is 0 Å². The van der Waals surface area contributed by atoms with Gasteiger partial charge in [-0.15, -0.1) is 5.10 Å². The smallest absolute Gasteiger partial charge is 0.258 e. The summed E-state index contributed by atoms with van der Waals surface area (Å²) in [5, 5.41) is 19.5. The van der Waals surface area contributed by atoms with Crippen molar-refractivity contribution in [1.82, 2.24) is 15.0 Å². The lowest BCUT2D eigenvalue weighted by Crippen LogP contribution is -2.04. The summed E-state index contributed by atoms with van der Waals surface area (Å²) in [6.45, 7) is 2.29. The third kappa shape index (κ3) is 3.34. The highest BCUT2D eigenvalue weighted by molar-refractivity contribution is 9.09. The lowest BCUT2D eigenvalue weighted by Gasteiger charge is -2.03. The van der Waals surface area contributed by atoms with Gasteiger partial charge in [-0.3, -0.25) is 10.1 Å². The summed E-state index contributed by atoms with van der Waals surface area (Å²) < 4.78 is 1.57. The maximum atomic E-state index is 11.0. The molecule has 0 bridgehead atoms. The molecule has 2 aromatic rings. The first-order chi connectivity index (χ1) is 9.51. The second kappa shape index (κ2) is 6.32. The van der Waals surface area contributed by atoms with Gasteiger partial charge in [-0.1, -0.05) is 39.7 Å². The zero-order chi connectivity index (χ0) is 14.7. The minimum Gasteiger partial charge on any atom is -0.258 e. The molecule has 0 N–H and O–H groups in total. The zero-order valence-corrected chi connectivity index (χ0v) is 13.0. The molecule has 0 aliphatic rings. The Morgan fingerprint density at radius 2 is 2.30 bits per heavy atom. The summed E-state index contributed by atoms with van der Waals surface area (Å²) in [5.74, 6) is 0. The van der Waals surface area contributed by atoms with Crippen LogP contribution < -0.4 is 0 Å². The van der Waals surface area contributed by atoms with Crippen LogP contribution in [0.15, 0.2) is 24.4 Å². The summed E-state index contributed by atoms with van der Waals surface area (Å²) in [6.07, 6.45) is 2.66. The SMILES string of the molecule is CCC(Br)c1cn(Cc2cc(Cl)ccc2[N+](=O)[O-])nn1. The van der Waals surface area contributed by atoms with E-state index in [1.165, 1.54) is 12.1 Å². The molecular weight excluding hydrogens is 348 g/mol. The van der Waals surface area contributed by atoms with Crippen molar-refractivity contribution in [3.8, 4) is 0 Å². The van der Waals surface area contributed by atoms with Crippen LogP contribution in [0, 0.1) is 10.1 Å². The van der Waals surface area contributed by atoms with Crippen LogP contribution in [0.4, 0.5) is 5.69 Å². The minimum absolute atomic E-state index is 0.0253. The molecule has 2 rings (SSSR count). The van der Waals surface area contributed by atoms with Crippen molar-refractivity contribution in [2.24, 2.45) is 0 Å². The van der Waals surface area contributed by atoms with Crippen LogP contribution in [0.3, 0.4) is 0 Å². The maximum absolute atomic E-state index is 11.0. The second-order valence-corrected chi connectivity index (χ2v) is 5.79. The largest absolute Gasteiger partial charge is 0.274 e. The molecule has 0 aliphatic carbocycles. The molecule has 1 aromatic heterocycles. The van der Waals surface area contributed by atoms with Crippen molar-refractivity contribution in [2.45, 2.75) is 24.7 Å². The summed E-state index contributed by atoms with van der Waals surface area (Å²) in [4.78, 5) is 10.7. The van der Waals surface area contributed by atoms with Gasteiger partial charge in [0, 0.05) is 17.3 Å². The van der Waals surface area contributed by atoms with Crippen molar-refractivity contribution < 1.29 is 4.92 Å². The number of halogens is 2. The molecule has 8 heteroatoms. The Kier molecular flexibility index (Phi) is 4.72. The topological polar surface area (TPSA) is 73.8 Å². The molecule has 1 aromatic carbocycles. The van der Waals surface area contributed by atoms with Crippen LogP contribution in [0.2, 0.25) is 5.02 Å². The minimum atomic E-state index is -0.428. The van der Waals surface area contributed by atoms with Gasteiger partial charge >= 0.3 is 0 Å². The van der Waals surface area contributed by atoms with Crippen LogP contribution in [-0.2, 0) is 6.54 Å². The van der Waals surface area contributed by atoms with Gasteiger partial charge in [-0.05, 0) is 18.6 Å². The number of aromatic nitrogens is 3. The molecule has 0 saturated heterocycles. The molecule has 6 nitrogen and oxygen atoms in total. The first-order valence-corrected chi connectivity index (χ1v) is 7.27. The number of benzene rings is 1. The van der Waals surface area contributed by atoms with E-state index in [0.29, 0.717) is 10.6 Å². The van der Waals surface area contributed by atoms with E-state index in [2.05, 4.69) is 26.2 Å². The van der Waals surface area contributed by atoms with Crippen molar-refractivity contribution in [1.29, 1.82) is 0 Å². The Hall–Kier alpha value is -1.47. The van der Waals surface area contributed by atoms with Crippen LogP contribution in [0.1, 0.15) is 29.4 Å². The van der Waals surface area contributed by atoms with Crippen molar-refractivity contribution >= 4 is 33.2 Å². The number of alkyl halides is 1. The molecule has 1 unspecified atom stereocenters. The third-order valence-corrected chi connectivity index (χ3v) is 4.16. The Labute approximate surface area is 129 Å². The van der Waals surface area contributed by atoms with E-state index in [0.717, 1.165) is 12.1 Å². The van der Waals surface area contributed by atoms with E-state index in [9.17, 15) is 10.1 Å². The summed E-state index contributed by atoms with van der Waals surface area (Å²) in [5.41, 5.74) is 1.33. The highest BCUT2D eigenvalue weighted by Gasteiger charge is 2.16. The quantitative estimate of drug-likeness (QED) is 0.463. The van der Waals surface area contributed by atoms with Crippen LogP contribution in [0.25, 0.3) is 0 Å². The van der Waals surface area contributed by atoms with E-state index in [1.807, 2.05) is 6.92 Å². The van der Waals surface area contributed by atoms with Crippen LogP contribution in [-0.4, -0.2) is 19.9 Å². The van der Waals surface area contributed by atoms with E-state index >= 15 is 0 Å². The average Bonchev–Trinajstić information content (AvgIpc) is 2.86. The molecular formula is C12H12BrClN4O2. The molecule has 1 atom stereocenters. The number of hydrogen-bond acceptors (Lipinski definition) is 4. The molecule has 0 spiro atoms. The number of hydrogen-bond donors (Lipinski definition) is 0. The number of rotatable bonds is 5. The third-order valence-electron chi connectivity index (χ3n) is 2.81. The van der Waals surface area contributed by atoms with Gasteiger partial charge in [0.05, 0.1) is 27.6 Å². The molecule has 0 fully saturated rings. The van der Waals surface area contributed by atoms with Gasteiger partial charge < -0.3 is 0 Å². The molecule has 0 amide bonds. The van der Waals surface area contributed by atoms with Crippen LogP contribution >= 0.6 is 27.5 Å². The zero-order valence-electron chi connectivity index (χ0n) is 10.7. The van der Waals surface area contributed by atoms with Gasteiger partial charge in [0.25, 0.3) is 5.69 Å². The second-order valence-electron chi connectivity index (χ2n) is 4.25. The highest BCUT2D eigenvalue weighted by Crippen LogP contribution is 2.25. The highest BCUT2D eigenvalue weighted by atomic mass is 79.9. The van der Waals surface area contributed by atoms with E-state index in [4.69, 9.17) is 11.6 Å². The lowest BCUT2D eigenvalue weighted by molar-refractivity contribution is -0.385. The van der Waals surface area contributed by atoms with Crippen molar-refractivity contribution in [2.75, 3.05) is 0 Å². The Morgan fingerprint density at radius 1 is 1.55 bits per heavy atom. The van der Waals surface area contributed by atoms with E-state index < -0.39 is 4.92 Å². The van der Waals surface area contributed by atoms with Gasteiger partial charge in [0.2, 0.25) is 0 Å². The first-order valence-electron chi connectivity index (χ1n) is 5.98. The lowest BCUT2D eigenvalue weighted by atomic mass is 10.2. The molecule has 0 aliphatic heterocycles. The Morgan fingerprint density at radius 3 is 2.95 bits per heavy atom. The van der Waals surface area contributed by atoms with Crippen molar-refractivity contribution in [3.63, 3.8) is 0 Å². The number of nitro benzene ring substituents is 1. The molecule has 0 saturated carbocycles. The predicted molar refractivity (Wildman–Crippen MR) is 79.2 cm³/mol. The average molecular weight is 360 g/mol. The standard InChI is InChI=1S/C12H12BrClN4O2/c1-2-10(13)11-7-17(16-15-11)6-8-5-9(14)3-4-12(8)18(19)20/h3-5,7,10H,2,6H2,1H3. The van der Waals surface area contributed by atoms with E-state index in [-0.39, 0.29) is 17.1 Å². The molecule has 0 radical (unpaired) electrons. The van der Waals surface area contributed by atoms with Crippen LogP contribution in [0.5, 0.6) is 0 Å². The summed E-state index contributed by atoms with van der Waals surface area (Å²) in [6, 6.07) is 4.48. The first kappa shape index (κ1) is 14.9. The fraction of sp³-hybridized carbons (Fsp3) is 0.333. The fourth-order valence-corrected chi connectivity index (χ4v) is 2.18. The van der Waals surface area contributed by atoms with Gasteiger partial charge in [0.15, 0.2) is 0 Å². The fourth-order valence-electron chi connectivity index (χ4n) is 1.78. The van der Waals surface area contributed by atoms with Gasteiger partial charge in [-0.25, -0.2) is 4.68 Å². The summed E-state index contributed by atoms with van der Waals surface area (Å²) in [7, 11) is 0. The monoisotopic (exact) mass is 358 g/mol. The maximum Gasteiger partial charge on any atom is 0.274 e. The van der Waals surface area contributed by atoms with Crippen molar-refractivity contribution in [3.05, 3.63) is 50.8 Å². The summed E-state index contributed by atoms with van der Waals surface area (Å²) >= 11 is 9.38. The van der Waals surface area contributed by atoms with E-state index in [1.54, 1.807) is 16.9 Å². The number of nitrogens with zero attached hydrogens (tertiary/aromatic N) is 4.